The van der Waals surface area contributed by atoms with Gasteiger partial charge < -0.3 is 10.5 Å². The number of nitrogens with two attached hydrogens (primary N) is 1. The molecule has 0 aromatic heterocycles. The van der Waals surface area contributed by atoms with Gasteiger partial charge in [-0.1, -0.05) is 12.1 Å². The minimum absolute atomic E-state index is 0.283. The van der Waals surface area contributed by atoms with Gasteiger partial charge in [-0.15, -0.1) is 11.8 Å². The Bertz CT molecular complexity index is 369. The zero-order valence-corrected chi connectivity index (χ0v) is 12.9. The summed E-state index contributed by atoms with van der Waals surface area (Å²) in [6.45, 7) is 1.82. The smallest absolute Gasteiger partial charge is 0.0468 e. The Morgan fingerprint density at radius 2 is 2.06 bits per heavy atom. The average Bonchev–Trinajstić information content (AvgIpc) is 2.39. The van der Waals surface area contributed by atoms with Crippen LogP contribution in [0.25, 0.3) is 0 Å². The van der Waals surface area contributed by atoms with E-state index in [0.717, 1.165) is 35.8 Å². The summed E-state index contributed by atoms with van der Waals surface area (Å²) < 4.78 is 6.53. The van der Waals surface area contributed by atoms with Crippen molar-refractivity contribution < 1.29 is 4.74 Å². The summed E-state index contributed by atoms with van der Waals surface area (Å²) in [5.74, 6) is 1.74. The third-order valence-electron chi connectivity index (χ3n) is 3.27. The van der Waals surface area contributed by atoms with E-state index in [9.17, 15) is 0 Å². The van der Waals surface area contributed by atoms with Gasteiger partial charge in [0.25, 0.3) is 0 Å². The Balaban J connectivity index is 1.74. The van der Waals surface area contributed by atoms with Gasteiger partial charge in [0.15, 0.2) is 0 Å². The molecular weight excluding hydrogens is 310 g/mol. The van der Waals surface area contributed by atoms with E-state index >= 15 is 0 Å². The molecule has 1 aromatic carbocycles. The second-order valence-electron chi connectivity index (χ2n) is 4.79. The van der Waals surface area contributed by atoms with Crippen molar-refractivity contribution in [1.29, 1.82) is 0 Å². The topological polar surface area (TPSA) is 35.2 Å². The molecule has 1 heterocycles. The normalized spacial score (nSPS) is 18.8. The van der Waals surface area contributed by atoms with Gasteiger partial charge in [0, 0.05) is 34.4 Å². The molecular formula is C14H20BrNOS. The molecule has 18 heavy (non-hydrogen) atoms. The molecule has 0 bridgehead atoms. The van der Waals surface area contributed by atoms with Crippen LogP contribution >= 0.6 is 27.7 Å². The molecule has 1 fully saturated rings. The van der Waals surface area contributed by atoms with Crippen LogP contribution in [-0.4, -0.2) is 25.0 Å². The molecule has 0 spiro atoms. The Labute approximate surface area is 122 Å². The van der Waals surface area contributed by atoms with Gasteiger partial charge >= 0.3 is 0 Å². The fourth-order valence-electron chi connectivity index (χ4n) is 2.24. The van der Waals surface area contributed by atoms with Crippen molar-refractivity contribution >= 4 is 27.7 Å². The number of halogens is 1. The van der Waals surface area contributed by atoms with E-state index in [-0.39, 0.29) is 6.04 Å². The van der Waals surface area contributed by atoms with Crippen molar-refractivity contribution in [1.82, 2.24) is 0 Å². The van der Waals surface area contributed by atoms with E-state index in [4.69, 9.17) is 10.5 Å². The molecule has 0 aliphatic carbocycles. The van der Waals surface area contributed by atoms with Gasteiger partial charge in [-0.3, -0.25) is 0 Å². The van der Waals surface area contributed by atoms with Crippen molar-refractivity contribution in [3.63, 3.8) is 0 Å². The third-order valence-corrected chi connectivity index (χ3v) is 5.48. The molecule has 0 radical (unpaired) electrons. The van der Waals surface area contributed by atoms with Crippen LogP contribution in [0.5, 0.6) is 0 Å². The van der Waals surface area contributed by atoms with Crippen LogP contribution < -0.4 is 5.73 Å². The number of thioether (sulfide) groups is 1. The lowest BCUT2D eigenvalue weighted by Crippen LogP contribution is -2.28. The lowest BCUT2D eigenvalue weighted by atomic mass is 9.93. The first-order valence-corrected chi connectivity index (χ1v) is 8.24. The first-order chi connectivity index (χ1) is 8.75. The van der Waals surface area contributed by atoms with E-state index in [2.05, 4.69) is 34.1 Å². The predicted octanol–water partition coefficient (Wildman–Crippen LogP) is 3.69. The quantitative estimate of drug-likeness (QED) is 0.837. The number of hydrogen-bond acceptors (Lipinski definition) is 3. The van der Waals surface area contributed by atoms with E-state index < -0.39 is 0 Å². The fourth-order valence-corrected chi connectivity index (χ4v) is 3.78. The molecule has 1 atom stereocenters. The average molecular weight is 330 g/mol. The van der Waals surface area contributed by atoms with E-state index in [1.54, 1.807) is 0 Å². The predicted molar refractivity (Wildman–Crippen MR) is 81.0 cm³/mol. The van der Waals surface area contributed by atoms with Crippen molar-refractivity contribution in [2.24, 2.45) is 11.7 Å². The second-order valence-corrected chi connectivity index (χ2v) is 6.71. The molecule has 0 amide bonds. The summed E-state index contributed by atoms with van der Waals surface area (Å²) in [5.41, 5.74) is 6.23. The van der Waals surface area contributed by atoms with Gasteiger partial charge in [-0.05, 0) is 53.2 Å². The number of hydrogen-bond donors (Lipinski definition) is 1. The molecule has 2 nitrogen and oxygen atoms in total. The van der Waals surface area contributed by atoms with E-state index in [1.807, 2.05) is 17.8 Å². The molecule has 1 aromatic rings. The highest BCUT2D eigenvalue weighted by molar-refractivity contribution is 9.10. The highest BCUT2D eigenvalue weighted by Gasteiger charge is 2.17. The van der Waals surface area contributed by atoms with E-state index in [0.29, 0.717) is 0 Å². The van der Waals surface area contributed by atoms with Crippen molar-refractivity contribution in [2.75, 3.05) is 19.0 Å². The largest absolute Gasteiger partial charge is 0.381 e. The van der Waals surface area contributed by atoms with Gasteiger partial charge in [0.05, 0.1) is 0 Å². The summed E-state index contributed by atoms with van der Waals surface area (Å²) in [6, 6.07) is 8.60. The van der Waals surface area contributed by atoms with Gasteiger partial charge in [-0.25, -0.2) is 0 Å². The zero-order chi connectivity index (χ0) is 12.8. The number of rotatable bonds is 5. The summed E-state index contributed by atoms with van der Waals surface area (Å²) >= 11 is 5.41. The Kier molecular flexibility index (Phi) is 6.02. The van der Waals surface area contributed by atoms with Gasteiger partial charge in [-0.2, -0.15) is 0 Å². The van der Waals surface area contributed by atoms with Crippen molar-refractivity contribution in [3.8, 4) is 0 Å². The zero-order valence-electron chi connectivity index (χ0n) is 10.5. The highest BCUT2D eigenvalue weighted by atomic mass is 79.9. The fraction of sp³-hybridized carbons (Fsp3) is 0.571. The standard InChI is InChI=1S/C14H20BrNOS/c15-13-3-1-2-4-14(13)18-10-12(16)9-11-5-7-17-8-6-11/h1-4,11-12H,5-10,16H2. The summed E-state index contributed by atoms with van der Waals surface area (Å²) in [4.78, 5) is 1.28. The monoisotopic (exact) mass is 329 g/mol. The third kappa shape index (κ3) is 4.57. The number of benzene rings is 1. The Morgan fingerprint density at radius 3 is 2.78 bits per heavy atom. The first-order valence-electron chi connectivity index (χ1n) is 6.46. The van der Waals surface area contributed by atoms with Crippen LogP contribution in [0.2, 0.25) is 0 Å². The minimum atomic E-state index is 0.283. The van der Waals surface area contributed by atoms with Crippen molar-refractivity contribution in [2.45, 2.75) is 30.2 Å². The molecule has 1 aliphatic rings. The Morgan fingerprint density at radius 1 is 1.33 bits per heavy atom. The maximum Gasteiger partial charge on any atom is 0.0468 e. The second kappa shape index (κ2) is 7.53. The van der Waals surface area contributed by atoms with Crippen LogP contribution in [0.4, 0.5) is 0 Å². The van der Waals surface area contributed by atoms with Gasteiger partial charge in [0.2, 0.25) is 0 Å². The maximum atomic E-state index is 6.23. The molecule has 1 saturated heterocycles. The summed E-state index contributed by atoms with van der Waals surface area (Å²) in [6.07, 6.45) is 3.47. The molecule has 1 aliphatic heterocycles. The van der Waals surface area contributed by atoms with Crippen LogP contribution in [-0.2, 0) is 4.74 Å². The Hall–Kier alpha value is -0.0300. The van der Waals surface area contributed by atoms with Crippen LogP contribution in [0.1, 0.15) is 19.3 Å². The summed E-state index contributed by atoms with van der Waals surface area (Å²) in [7, 11) is 0. The van der Waals surface area contributed by atoms with Crippen LogP contribution in [0.15, 0.2) is 33.6 Å². The molecule has 100 valence electrons. The lowest BCUT2D eigenvalue weighted by Gasteiger charge is -2.24. The summed E-state index contributed by atoms with van der Waals surface area (Å²) in [5, 5.41) is 0. The maximum absolute atomic E-state index is 6.23. The minimum Gasteiger partial charge on any atom is -0.381 e. The lowest BCUT2D eigenvalue weighted by molar-refractivity contribution is 0.0625. The van der Waals surface area contributed by atoms with Gasteiger partial charge in [0.1, 0.15) is 0 Å². The van der Waals surface area contributed by atoms with Crippen LogP contribution in [0.3, 0.4) is 0 Å². The van der Waals surface area contributed by atoms with Crippen LogP contribution in [0, 0.1) is 5.92 Å². The van der Waals surface area contributed by atoms with Crippen molar-refractivity contribution in [3.05, 3.63) is 28.7 Å². The number of ether oxygens (including phenoxy) is 1. The molecule has 2 N–H and O–H groups in total. The molecule has 0 saturated carbocycles. The molecule has 2 rings (SSSR count). The molecule has 4 heteroatoms. The first kappa shape index (κ1) is 14.4. The highest BCUT2D eigenvalue weighted by Crippen LogP contribution is 2.28. The SMILES string of the molecule is NC(CSc1ccccc1Br)CC1CCOCC1. The molecule has 1 unspecified atom stereocenters. The van der Waals surface area contributed by atoms with E-state index in [1.165, 1.54) is 17.7 Å².